The van der Waals surface area contributed by atoms with Crippen molar-refractivity contribution in [1.29, 1.82) is 0 Å². The number of benzene rings is 2. The maximum absolute atomic E-state index is 12.8. The van der Waals surface area contributed by atoms with Gasteiger partial charge in [0.2, 0.25) is 5.91 Å². The molecule has 0 saturated heterocycles. The minimum Gasteiger partial charge on any atom is -0.399 e. The lowest BCUT2D eigenvalue weighted by molar-refractivity contribution is -0.120. The second-order valence-electron chi connectivity index (χ2n) is 4.71. The molecule has 20 heavy (non-hydrogen) atoms. The first-order chi connectivity index (χ1) is 9.56. The third kappa shape index (κ3) is 3.57. The quantitative estimate of drug-likeness (QED) is 0.840. The Hall–Kier alpha value is -2.36. The number of carbonyl (C=O) groups excluding carboxylic acids is 1. The molecule has 2 rings (SSSR count). The molecule has 2 aromatic rings. The molecule has 4 heteroatoms. The van der Waals surface area contributed by atoms with E-state index in [9.17, 15) is 9.18 Å². The molecule has 1 amide bonds. The number of rotatable bonds is 4. The molecule has 0 heterocycles. The molecule has 0 radical (unpaired) electrons. The monoisotopic (exact) mass is 272 g/mol. The number of hydrogen-bond acceptors (Lipinski definition) is 2. The van der Waals surface area contributed by atoms with E-state index in [-0.39, 0.29) is 18.1 Å². The minimum absolute atomic E-state index is 0.0987. The molecule has 104 valence electrons. The van der Waals surface area contributed by atoms with Crippen molar-refractivity contribution in [2.24, 2.45) is 0 Å². The van der Waals surface area contributed by atoms with Crippen LogP contribution in [0.4, 0.5) is 10.1 Å². The number of nitrogens with two attached hydrogens (primary N) is 1. The highest BCUT2D eigenvalue weighted by Gasteiger charge is 2.06. The van der Waals surface area contributed by atoms with Crippen molar-refractivity contribution in [1.82, 2.24) is 5.32 Å². The van der Waals surface area contributed by atoms with Crippen molar-refractivity contribution in [3.8, 4) is 0 Å². The van der Waals surface area contributed by atoms with Gasteiger partial charge in [0.25, 0.3) is 0 Å². The number of amides is 1. The summed E-state index contributed by atoms with van der Waals surface area (Å²) >= 11 is 0. The van der Waals surface area contributed by atoms with E-state index >= 15 is 0 Å². The number of hydrogen-bond donors (Lipinski definition) is 2. The lowest BCUT2D eigenvalue weighted by Crippen LogP contribution is -2.25. The zero-order valence-electron chi connectivity index (χ0n) is 11.3. The van der Waals surface area contributed by atoms with Crippen LogP contribution in [-0.2, 0) is 17.8 Å². The summed E-state index contributed by atoms with van der Waals surface area (Å²) < 4.78 is 12.8. The van der Waals surface area contributed by atoms with Crippen LogP contribution in [0.25, 0.3) is 0 Å². The standard InChI is InChI=1S/C16H17FN2O/c1-11-13(3-2-4-15(11)18)10-19-16(20)9-12-5-7-14(17)8-6-12/h2-8H,9-10,18H2,1H3,(H,19,20). The van der Waals surface area contributed by atoms with Gasteiger partial charge in [-0.05, 0) is 41.8 Å². The Labute approximate surface area is 117 Å². The number of halogens is 1. The van der Waals surface area contributed by atoms with Crippen molar-refractivity contribution < 1.29 is 9.18 Å². The van der Waals surface area contributed by atoms with E-state index in [2.05, 4.69) is 5.32 Å². The molecule has 3 N–H and O–H groups in total. The summed E-state index contributed by atoms with van der Waals surface area (Å²) in [4.78, 5) is 11.8. The van der Waals surface area contributed by atoms with Gasteiger partial charge < -0.3 is 11.1 Å². The van der Waals surface area contributed by atoms with E-state index in [1.165, 1.54) is 12.1 Å². The Morgan fingerprint density at radius 2 is 1.90 bits per heavy atom. The fraction of sp³-hybridized carbons (Fsp3) is 0.188. The Morgan fingerprint density at radius 1 is 1.20 bits per heavy atom. The molecule has 0 aliphatic heterocycles. The predicted octanol–water partition coefficient (Wildman–Crippen LogP) is 2.58. The topological polar surface area (TPSA) is 55.1 Å². The Kier molecular flexibility index (Phi) is 4.35. The highest BCUT2D eigenvalue weighted by Crippen LogP contribution is 2.15. The first-order valence-electron chi connectivity index (χ1n) is 6.41. The summed E-state index contributed by atoms with van der Waals surface area (Å²) in [6, 6.07) is 11.6. The predicted molar refractivity (Wildman–Crippen MR) is 77.5 cm³/mol. The van der Waals surface area contributed by atoms with Crippen LogP contribution < -0.4 is 11.1 Å². The van der Waals surface area contributed by atoms with Gasteiger partial charge in [0.05, 0.1) is 6.42 Å². The first-order valence-corrected chi connectivity index (χ1v) is 6.41. The maximum atomic E-state index is 12.8. The zero-order chi connectivity index (χ0) is 14.5. The molecular weight excluding hydrogens is 255 g/mol. The van der Waals surface area contributed by atoms with E-state index in [1.54, 1.807) is 12.1 Å². The highest BCUT2D eigenvalue weighted by molar-refractivity contribution is 5.78. The molecule has 0 atom stereocenters. The van der Waals surface area contributed by atoms with Crippen molar-refractivity contribution in [3.05, 3.63) is 65.0 Å². The minimum atomic E-state index is -0.301. The normalized spacial score (nSPS) is 10.3. The summed E-state index contributed by atoms with van der Waals surface area (Å²) in [6.07, 6.45) is 0.238. The third-order valence-corrected chi connectivity index (χ3v) is 3.24. The average molecular weight is 272 g/mol. The Morgan fingerprint density at radius 3 is 2.60 bits per heavy atom. The molecule has 2 aromatic carbocycles. The van der Waals surface area contributed by atoms with E-state index in [0.29, 0.717) is 6.54 Å². The lowest BCUT2D eigenvalue weighted by Gasteiger charge is -2.10. The SMILES string of the molecule is Cc1c(N)cccc1CNC(=O)Cc1ccc(F)cc1. The molecule has 0 bridgehead atoms. The highest BCUT2D eigenvalue weighted by atomic mass is 19.1. The summed E-state index contributed by atoms with van der Waals surface area (Å²) in [5, 5.41) is 2.84. The molecule has 0 aromatic heterocycles. The van der Waals surface area contributed by atoms with E-state index in [1.807, 2.05) is 25.1 Å². The third-order valence-electron chi connectivity index (χ3n) is 3.24. The second kappa shape index (κ2) is 6.19. The molecule has 0 spiro atoms. The fourth-order valence-electron chi connectivity index (χ4n) is 1.94. The van der Waals surface area contributed by atoms with Crippen molar-refractivity contribution >= 4 is 11.6 Å². The molecule has 3 nitrogen and oxygen atoms in total. The summed E-state index contributed by atoms with van der Waals surface area (Å²) in [6.45, 7) is 2.37. The summed E-state index contributed by atoms with van der Waals surface area (Å²) in [7, 11) is 0. The van der Waals surface area contributed by atoms with E-state index < -0.39 is 0 Å². The number of carbonyl (C=O) groups is 1. The van der Waals surface area contributed by atoms with Gasteiger partial charge in [0, 0.05) is 12.2 Å². The summed E-state index contributed by atoms with van der Waals surface area (Å²) in [5.74, 6) is -0.400. The van der Waals surface area contributed by atoms with Crippen LogP contribution in [0.5, 0.6) is 0 Å². The number of nitrogens with one attached hydrogen (secondary N) is 1. The number of nitrogen functional groups attached to an aromatic ring is 1. The molecular formula is C16H17FN2O. The van der Waals surface area contributed by atoms with E-state index in [0.717, 1.165) is 22.4 Å². The van der Waals surface area contributed by atoms with Crippen LogP contribution in [0, 0.1) is 12.7 Å². The van der Waals surface area contributed by atoms with Crippen molar-refractivity contribution in [3.63, 3.8) is 0 Å². The molecule has 0 unspecified atom stereocenters. The molecule has 0 saturated carbocycles. The van der Waals surface area contributed by atoms with Gasteiger partial charge in [0.15, 0.2) is 0 Å². The molecule has 0 aliphatic carbocycles. The van der Waals surface area contributed by atoms with Crippen LogP contribution >= 0.6 is 0 Å². The van der Waals surface area contributed by atoms with Crippen molar-refractivity contribution in [2.45, 2.75) is 19.9 Å². The molecule has 0 fully saturated rings. The Bertz CT molecular complexity index is 608. The molecule has 0 aliphatic rings. The van der Waals surface area contributed by atoms with Gasteiger partial charge in [0.1, 0.15) is 5.82 Å². The second-order valence-corrected chi connectivity index (χ2v) is 4.71. The average Bonchev–Trinajstić information content (AvgIpc) is 2.43. The van der Waals surface area contributed by atoms with Crippen LogP contribution in [0.1, 0.15) is 16.7 Å². The van der Waals surface area contributed by atoms with Crippen LogP contribution in [0.2, 0.25) is 0 Å². The van der Waals surface area contributed by atoms with Gasteiger partial charge >= 0.3 is 0 Å². The smallest absolute Gasteiger partial charge is 0.224 e. The van der Waals surface area contributed by atoms with Crippen LogP contribution in [0.15, 0.2) is 42.5 Å². The van der Waals surface area contributed by atoms with Gasteiger partial charge in [-0.25, -0.2) is 4.39 Å². The zero-order valence-corrected chi connectivity index (χ0v) is 11.3. The largest absolute Gasteiger partial charge is 0.399 e. The van der Waals surface area contributed by atoms with Gasteiger partial charge in [-0.3, -0.25) is 4.79 Å². The fourth-order valence-corrected chi connectivity index (χ4v) is 1.94. The van der Waals surface area contributed by atoms with Crippen LogP contribution in [0.3, 0.4) is 0 Å². The Balaban J connectivity index is 1.92. The van der Waals surface area contributed by atoms with Crippen molar-refractivity contribution in [2.75, 3.05) is 5.73 Å². The van der Waals surface area contributed by atoms with Gasteiger partial charge in [-0.1, -0.05) is 24.3 Å². The summed E-state index contributed by atoms with van der Waals surface area (Å²) in [5.41, 5.74) is 9.30. The van der Waals surface area contributed by atoms with E-state index in [4.69, 9.17) is 5.73 Å². The van der Waals surface area contributed by atoms with Crippen LogP contribution in [-0.4, -0.2) is 5.91 Å². The van der Waals surface area contributed by atoms with Gasteiger partial charge in [-0.15, -0.1) is 0 Å². The lowest BCUT2D eigenvalue weighted by atomic mass is 10.1. The first kappa shape index (κ1) is 14.1. The number of anilines is 1. The van der Waals surface area contributed by atoms with Gasteiger partial charge in [-0.2, -0.15) is 0 Å². The maximum Gasteiger partial charge on any atom is 0.224 e.